The van der Waals surface area contributed by atoms with Gasteiger partial charge in [0, 0.05) is 36.6 Å². The van der Waals surface area contributed by atoms with Gasteiger partial charge in [0.15, 0.2) is 5.13 Å². The molecule has 0 spiro atoms. The Bertz CT molecular complexity index is 1500. The van der Waals surface area contributed by atoms with Crippen LogP contribution in [-0.4, -0.2) is 70.1 Å². The minimum atomic E-state index is -4.62. The number of aromatic nitrogens is 3. The third-order valence-corrected chi connectivity index (χ3v) is 9.04. The van der Waals surface area contributed by atoms with E-state index in [4.69, 9.17) is 4.74 Å². The first-order valence-electron chi connectivity index (χ1n) is 14.4. The van der Waals surface area contributed by atoms with Gasteiger partial charge in [0.25, 0.3) is 5.91 Å². The number of benzene rings is 1. The number of piperidine rings is 2. The largest absolute Gasteiger partial charge is 0.496 e. The Morgan fingerprint density at radius 2 is 1.91 bits per heavy atom. The van der Waals surface area contributed by atoms with Crippen LogP contribution in [0.4, 0.5) is 24.1 Å². The molecule has 236 valence electrons. The van der Waals surface area contributed by atoms with Crippen molar-refractivity contribution in [2.75, 3.05) is 43.5 Å². The van der Waals surface area contributed by atoms with Crippen LogP contribution in [0, 0.1) is 11.3 Å². The topological polar surface area (TPSA) is 121 Å². The van der Waals surface area contributed by atoms with Crippen LogP contribution in [0.3, 0.4) is 0 Å². The molecular formula is C30H35F3N6O4S. The van der Waals surface area contributed by atoms with Crippen molar-refractivity contribution in [3.05, 3.63) is 46.7 Å². The van der Waals surface area contributed by atoms with E-state index >= 15 is 0 Å². The van der Waals surface area contributed by atoms with Gasteiger partial charge in [-0.3, -0.25) is 19.8 Å². The Morgan fingerprint density at radius 1 is 1.16 bits per heavy atom. The molecule has 0 bridgehead atoms. The number of amides is 1. The molecule has 5 rings (SSSR count). The van der Waals surface area contributed by atoms with Gasteiger partial charge >= 0.3 is 12.1 Å². The number of ether oxygens (including phenoxy) is 1. The van der Waals surface area contributed by atoms with Crippen molar-refractivity contribution in [1.29, 1.82) is 0 Å². The van der Waals surface area contributed by atoms with Crippen LogP contribution in [0.15, 0.2) is 30.6 Å². The molecule has 2 fully saturated rings. The molecule has 10 nitrogen and oxygen atoms in total. The maximum Gasteiger partial charge on any atom is 0.419 e. The van der Waals surface area contributed by atoms with Crippen LogP contribution in [0.25, 0.3) is 11.3 Å². The normalized spacial score (nSPS) is 17.8. The number of hydrogen-bond acceptors (Lipinski definition) is 9. The number of nitrogens with zero attached hydrogens (tertiary/aromatic N) is 5. The Hall–Kier alpha value is -3.78. The monoisotopic (exact) mass is 632 g/mol. The van der Waals surface area contributed by atoms with Crippen LogP contribution < -0.4 is 15.0 Å². The second-order valence-corrected chi connectivity index (χ2v) is 13.1. The van der Waals surface area contributed by atoms with E-state index < -0.39 is 23.6 Å². The molecule has 14 heteroatoms. The van der Waals surface area contributed by atoms with Crippen LogP contribution in [0.2, 0.25) is 0 Å². The number of carbonyl (C=O) groups is 2. The Labute approximate surface area is 257 Å². The highest BCUT2D eigenvalue weighted by atomic mass is 32.1. The number of methoxy groups -OCH3 is 1. The Balaban J connectivity index is 1.38. The van der Waals surface area contributed by atoms with Gasteiger partial charge in [-0.2, -0.15) is 13.2 Å². The van der Waals surface area contributed by atoms with Gasteiger partial charge in [0.05, 0.1) is 36.7 Å². The fraction of sp³-hybridized carbons (Fsp3) is 0.500. The number of thiazole rings is 1. The van der Waals surface area contributed by atoms with Crippen molar-refractivity contribution >= 4 is 34.2 Å². The van der Waals surface area contributed by atoms with Gasteiger partial charge in [-0.15, -0.1) is 0 Å². The first-order chi connectivity index (χ1) is 20.8. The van der Waals surface area contributed by atoms with Crippen molar-refractivity contribution in [3.8, 4) is 17.0 Å². The smallest absolute Gasteiger partial charge is 0.419 e. The summed E-state index contributed by atoms with van der Waals surface area (Å²) in [7, 11) is 1.20. The SMILES string of the molecule is COc1ccc(-c2nc(NC(=O)c3cnc(N4CCC(C(=O)O)CC4)cn3)sc2CN2CCCC(C)(C)C2)cc1C(F)(F)F. The molecular weight excluding hydrogens is 597 g/mol. The van der Waals surface area contributed by atoms with Crippen LogP contribution >= 0.6 is 11.3 Å². The molecule has 3 aromatic rings. The fourth-order valence-corrected chi connectivity index (χ4v) is 6.84. The molecule has 44 heavy (non-hydrogen) atoms. The van der Waals surface area contributed by atoms with E-state index in [1.807, 2.05) is 4.90 Å². The number of carbonyl (C=O) groups excluding carboxylic acids is 1. The zero-order valence-electron chi connectivity index (χ0n) is 24.8. The van der Waals surface area contributed by atoms with Gasteiger partial charge in [0.1, 0.15) is 17.3 Å². The second kappa shape index (κ2) is 12.7. The molecule has 0 aliphatic carbocycles. The number of anilines is 2. The highest BCUT2D eigenvalue weighted by Crippen LogP contribution is 2.41. The maximum absolute atomic E-state index is 13.8. The highest BCUT2D eigenvalue weighted by Gasteiger charge is 2.35. The van der Waals surface area contributed by atoms with Crippen molar-refractivity contribution in [2.24, 2.45) is 11.3 Å². The average Bonchev–Trinajstić information content (AvgIpc) is 3.37. The molecule has 2 aromatic heterocycles. The van der Waals surface area contributed by atoms with E-state index in [-0.39, 0.29) is 33.5 Å². The number of carboxylic acids is 1. The molecule has 0 saturated carbocycles. The number of likely N-dealkylation sites (tertiary alicyclic amines) is 1. The van der Waals surface area contributed by atoms with E-state index in [9.17, 15) is 27.9 Å². The number of halogens is 3. The lowest BCUT2D eigenvalue weighted by Gasteiger charge is -2.37. The molecule has 0 unspecified atom stereocenters. The highest BCUT2D eigenvalue weighted by molar-refractivity contribution is 7.16. The number of aliphatic carboxylic acids is 1. The summed E-state index contributed by atoms with van der Waals surface area (Å²) in [6.45, 7) is 7.61. The zero-order valence-corrected chi connectivity index (χ0v) is 25.6. The summed E-state index contributed by atoms with van der Waals surface area (Å²) in [4.78, 5) is 42.5. The second-order valence-electron chi connectivity index (χ2n) is 12.0. The summed E-state index contributed by atoms with van der Waals surface area (Å²) in [6.07, 6.45) is 1.30. The fourth-order valence-electron chi connectivity index (χ4n) is 5.82. The molecule has 0 radical (unpaired) electrons. The molecule has 2 aliphatic rings. The van der Waals surface area contributed by atoms with E-state index in [1.54, 1.807) is 6.07 Å². The molecule has 1 amide bonds. The van der Waals surface area contributed by atoms with Crippen molar-refractivity contribution in [1.82, 2.24) is 19.9 Å². The lowest BCUT2D eigenvalue weighted by atomic mass is 9.84. The minimum absolute atomic E-state index is 0.0501. The van der Waals surface area contributed by atoms with Gasteiger partial charge < -0.3 is 14.7 Å². The maximum atomic E-state index is 13.8. The first-order valence-corrected chi connectivity index (χ1v) is 15.2. The van der Waals surface area contributed by atoms with Crippen LogP contribution in [0.5, 0.6) is 5.75 Å². The minimum Gasteiger partial charge on any atom is -0.496 e. The predicted octanol–water partition coefficient (Wildman–Crippen LogP) is 5.80. The number of alkyl halides is 3. The summed E-state index contributed by atoms with van der Waals surface area (Å²) in [5.74, 6) is -1.46. The summed E-state index contributed by atoms with van der Waals surface area (Å²) in [6, 6.07) is 3.86. The van der Waals surface area contributed by atoms with E-state index in [2.05, 4.69) is 39.0 Å². The molecule has 0 atom stereocenters. The van der Waals surface area contributed by atoms with E-state index in [0.29, 0.717) is 44.0 Å². The first kappa shape index (κ1) is 31.6. The van der Waals surface area contributed by atoms with Gasteiger partial charge in [-0.05, 0) is 55.8 Å². The van der Waals surface area contributed by atoms with Crippen LogP contribution in [0.1, 0.15) is 60.5 Å². The third-order valence-electron chi connectivity index (χ3n) is 8.08. The van der Waals surface area contributed by atoms with E-state index in [1.165, 1.54) is 36.9 Å². The summed E-state index contributed by atoms with van der Waals surface area (Å²) in [5.41, 5.74) is -0.0940. The number of nitrogens with one attached hydrogen (secondary N) is 1. The quantitative estimate of drug-likeness (QED) is 0.317. The lowest BCUT2D eigenvalue weighted by Crippen LogP contribution is -2.39. The number of carboxylic acid groups (broad SMARTS) is 1. The number of rotatable bonds is 8. The Morgan fingerprint density at radius 3 is 2.52 bits per heavy atom. The van der Waals surface area contributed by atoms with Crippen molar-refractivity contribution < 1.29 is 32.6 Å². The zero-order chi connectivity index (χ0) is 31.6. The predicted molar refractivity (Wildman–Crippen MR) is 160 cm³/mol. The molecule has 2 N–H and O–H groups in total. The summed E-state index contributed by atoms with van der Waals surface area (Å²) < 4.78 is 46.5. The summed E-state index contributed by atoms with van der Waals surface area (Å²) in [5, 5.41) is 12.2. The van der Waals surface area contributed by atoms with Gasteiger partial charge in [-0.1, -0.05) is 25.2 Å². The molecule has 2 saturated heterocycles. The third kappa shape index (κ3) is 7.29. The standard InChI is InChI=1S/C30H35F3N6O4S/c1-29(2)9-4-10-38(17-29)16-23-25(19-5-6-22(43-3)20(13-19)30(31,32)33)36-28(44-23)37-26(40)21-14-35-24(15-34-21)39-11-7-18(8-12-39)27(41)42/h5-6,13-15,18H,4,7-12,16-17H2,1-3H3,(H,41,42)(H,36,37,40). The van der Waals surface area contributed by atoms with E-state index in [0.717, 1.165) is 36.9 Å². The lowest BCUT2D eigenvalue weighted by molar-refractivity contribution is -0.142. The average molecular weight is 633 g/mol. The van der Waals surface area contributed by atoms with Gasteiger partial charge in [-0.25, -0.2) is 15.0 Å². The molecule has 1 aromatic carbocycles. The molecule has 2 aliphatic heterocycles. The van der Waals surface area contributed by atoms with Crippen molar-refractivity contribution in [3.63, 3.8) is 0 Å². The van der Waals surface area contributed by atoms with Gasteiger partial charge in [0.2, 0.25) is 0 Å². The van der Waals surface area contributed by atoms with Crippen molar-refractivity contribution in [2.45, 2.75) is 52.3 Å². The number of hydrogen-bond donors (Lipinski definition) is 2. The summed E-state index contributed by atoms with van der Waals surface area (Å²) >= 11 is 1.22. The van der Waals surface area contributed by atoms with Crippen LogP contribution in [-0.2, 0) is 17.5 Å². The molecule has 4 heterocycles. The Kier molecular flexibility index (Phi) is 9.12.